The molecule has 1 saturated heterocycles. The number of ether oxygens (including phenoxy) is 1. The summed E-state index contributed by atoms with van der Waals surface area (Å²) >= 11 is 5.03. The molecule has 0 aliphatic carbocycles. The van der Waals surface area contributed by atoms with Crippen molar-refractivity contribution in [1.82, 2.24) is 10.2 Å². The fourth-order valence-electron chi connectivity index (χ4n) is 3.48. The lowest BCUT2D eigenvalue weighted by atomic mass is 10.0. The number of fused-ring (bicyclic) bond motifs is 1. The van der Waals surface area contributed by atoms with Crippen molar-refractivity contribution in [3.63, 3.8) is 0 Å². The predicted octanol–water partition coefficient (Wildman–Crippen LogP) is 3.33. The average Bonchev–Trinajstić information content (AvgIpc) is 2.79. The SMILES string of the molecule is COc1ccc(CC(=O)N[C@@H]2C(=O)N3C(C(=O)O)=C(Sc4ccccc4I)CS[C@@H]23)cc1. The molecule has 2 N–H and O–H groups in total. The number of thioether (sulfide) groups is 2. The van der Waals surface area contributed by atoms with E-state index in [-0.39, 0.29) is 18.0 Å². The molecule has 2 amide bonds. The maximum atomic E-state index is 12.8. The number of carboxylic acid groups (broad SMARTS) is 1. The zero-order chi connectivity index (χ0) is 22.8. The Morgan fingerprint density at radius 1 is 1.25 bits per heavy atom. The lowest BCUT2D eigenvalue weighted by Gasteiger charge is -2.49. The zero-order valence-electron chi connectivity index (χ0n) is 16.9. The summed E-state index contributed by atoms with van der Waals surface area (Å²) in [6, 6.07) is 14.1. The number of carbonyl (C=O) groups is 3. The molecule has 10 heteroatoms. The van der Waals surface area contributed by atoms with Crippen LogP contribution in [0, 0.1) is 3.57 Å². The fourth-order valence-corrected chi connectivity index (χ4v) is 6.69. The average molecular weight is 582 g/mol. The van der Waals surface area contributed by atoms with Gasteiger partial charge in [-0.15, -0.1) is 11.8 Å². The van der Waals surface area contributed by atoms with Gasteiger partial charge in [0.2, 0.25) is 5.91 Å². The van der Waals surface area contributed by atoms with Crippen LogP contribution in [0.3, 0.4) is 0 Å². The second-order valence-corrected chi connectivity index (χ2v) is 10.5. The summed E-state index contributed by atoms with van der Waals surface area (Å²) in [7, 11) is 1.57. The minimum Gasteiger partial charge on any atom is -0.497 e. The second-order valence-electron chi connectivity index (χ2n) is 7.09. The van der Waals surface area contributed by atoms with Crippen LogP contribution in [0.1, 0.15) is 5.56 Å². The number of β-lactam (4-membered cyclic amide) rings is 1. The molecule has 2 aliphatic rings. The molecule has 2 aromatic carbocycles. The van der Waals surface area contributed by atoms with Crippen molar-refractivity contribution in [2.75, 3.05) is 12.9 Å². The molecule has 2 atom stereocenters. The molecule has 2 aromatic rings. The Morgan fingerprint density at radius 3 is 2.62 bits per heavy atom. The molecule has 4 rings (SSSR count). The molecule has 0 aromatic heterocycles. The van der Waals surface area contributed by atoms with Crippen LogP contribution in [-0.4, -0.2) is 52.1 Å². The first-order chi connectivity index (χ1) is 15.4. The molecule has 1 fully saturated rings. The van der Waals surface area contributed by atoms with Gasteiger partial charge in [-0.1, -0.05) is 36.0 Å². The van der Waals surface area contributed by atoms with E-state index in [2.05, 4.69) is 27.9 Å². The number of hydrogen-bond acceptors (Lipinski definition) is 6. The van der Waals surface area contributed by atoms with Gasteiger partial charge < -0.3 is 15.2 Å². The summed E-state index contributed by atoms with van der Waals surface area (Å²) in [5.41, 5.74) is 0.801. The summed E-state index contributed by atoms with van der Waals surface area (Å²) in [6.45, 7) is 0. The van der Waals surface area contributed by atoms with Crippen LogP contribution >= 0.6 is 46.1 Å². The highest BCUT2D eigenvalue weighted by atomic mass is 127. The molecule has 0 radical (unpaired) electrons. The summed E-state index contributed by atoms with van der Waals surface area (Å²) in [6.07, 6.45) is 0.125. The van der Waals surface area contributed by atoms with Gasteiger partial charge in [-0.25, -0.2) is 4.79 Å². The van der Waals surface area contributed by atoms with Gasteiger partial charge >= 0.3 is 5.97 Å². The number of benzene rings is 2. The Labute approximate surface area is 207 Å². The smallest absolute Gasteiger partial charge is 0.353 e. The van der Waals surface area contributed by atoms with Gasteiger partial charge in [-0.2, -0.15) is 0 Å². The molecule has 2 heterocycles. The number of amides is 2. The van der Waals surface area contributed by atoms with Crippen LogP contribution in [0.5, 0.6) is 5.75 Å². The van der Waals surface area contributed by atoms with E-state index in [1.807, 2.05) is 24.3 Å². The van der Waals surface area contributed by atoms with Crippen molar-refractivity contribution < 1.29 is 24.2 Å². The van der Waals surface area contributed by atoms with Crippen LogP contribution in [-0.2, 0) is 20.8 Å². The molecular formula is C22H19IN2O5S2. The maximum Gasteiger partial charge on any atom is 0.353 e. The van der Waals surface area contributed by atoms with Gasteiger partial charge in [0.25, 0.3) is 5.91 Å². The largest absolute Gasteiger partial charge is 0.497 e. The Bertz CT molecular complexity index is 1110. The molecule has 32 heavy (non-hydrogen) atoms. The summed E-state index contributed by atoms with van der Waals surface area (Å²) in [5.74, 6) is -0.668. The van der Waals surface area contributed by atoms with Gasteiger partial charge in [0.1, 0.15) is 22.9 Å². The molecular weight excluding hydrogens is 563 g/mol. The fraction of sp³-hybridized carbons (Fsp3) is 0.227. The van der Waals surface area contributed by atoms with Crippen LogP contribution in [0.15, 0.2) is 64.0 Å². The van der Waals surface area contributed by atoms with Crippen molar-refractivity contribution in [1.29, 1.82) is 0 Å². The number of nitrogens with zero attached hydrogens (tertiary/aromatic N) is 1. The van der Waals surface area contributed by atoms with Gasteiger partial charge in [0.15, 0.2) is 0 Å². The van der Waals surface area contributed by atoms with E-state index >= 15 is 0 Å². The van der Waals surface area contributed by atoms with E-state index in [0.29, 0.717) is 16.4 Å². The van der Waals surface area contributed by atoms with Crippen molar-refractivity contribution in [3.05, 3.63) is 68.3 Å². The van der Waals surface area contributed by atoms with E-state index in [1.54, 1.807) is 31.4 Å². The highest BCUT2D eigenvalue weighted by Crippen LogP contribution is 2.45. The molecule has 0 unspecified atom stereocenters. The van der Waals surface area contributed by atoms with Crippen LogP contribution in [0.25, 0.3) is 0 Å². The number of methoxy groups -OCH3 is 1. The van der Waals surface area contributed by atoms with E-state index in [1.165, 1.54) is 28.4 Å². The molecule has 166 valence electrons. The first-order valence-corrected chi connectivity index (χ1v) is 12.6. The lowest BCUT2D eigenvalue weighted by Crippen LogP contribution is -2.70. The minimum atomic E-state index is -1.14. The number of carboxylic acids is 1. The van der Waals surface area contributed by atoms with E-state index in [9.17, 15) is 19.5 Å². The summed E-state index contributed by atoms with van der Waals surface area (Å²) in [4.78, 5) is 40.2. The molecule has 0 saturated carbocycles. The van der Waals surface area contributed by atoms with Gasteiger partial charge in [0.05, 0.1) is 13.5 Å². The first kappa shape index (κ1) is 23.0. The molecule has 7 nitrogen and oxygen atoms in total. The standard InChI is InChI=1S/C22H19IN2O5S2/c1-30-13-8-6-12(7-9-13)10-17(26)24-18-20(27)25-19(22(28)29)16(11-31-21(18)25)32-15-5-3-2-4-14(15)23/h2-9,18,21H,10-11H2,1H3,(H,24,26)(H,28,29)/t18-,21+/m1/s1. The third-order valence-corrected chi connectivity index (χ3v) is 8.98. The van der Waals surface area contributed by atoms with Crippen molar-refractivity contribution in [2.45, 2.75) is 22.7 Å². The predicted molar refractivity (Wildman–Crippen MR) is 131 cm³/mol. The number of halogens is 1. The van der Waals surface area contributed by atoms with Crippen LogP contribution < -0.4 is 10.1 Å². The number of aliphatic carboxylic acids is 1. The molecule has 2 aliphatic heterocycles. The topological polar surface area (TPSA) is 95.9 Å². The first-order valence-electron chi connectivity index (χ1n) is 9.65. The van der Waals surface area contributed by atoms with E-state index < -0.39 is 23.3 Å². The molecule has 0 spiro atoms. The Hall–Kier alpha value is -2.18. The Kier molecular flexibility index (Phi) is 7.01. The minimum absolute atomic E-state index is 0.00376. The number of carbonyl (C=O) groups excluding carboxylic acids is 2. The van der Waals surface area contributed by atoms with Crippen LogP contribution in [0.4, 0.5) is 0 Å². The van der Waals surface area contributed by atoms with Crippen LogP contribution in [0.2, 0.25) is 0 Å². The van der Waals surface area contributed by atoms with Gasteiger partial charge in [-0.3, -0.25) is 14.5 Å². The Balaban J connectivity index is 1.46. The van der Waals surface area contributed by atoms with E-state index in [0.717, 1.165) is 14.0 Å². The summed E-state index contributed by atoms with van der Waals surface area (Å²) < 4.78 is 6.12. The monoisotopic (exact) mass is 582 g/mol. The van der Waals surface area contributed by atoms with Gasteiger partial charge in [-0.05, 0) is 52.4 Å². The highest BCUT2D eigenvalue weighted by Gasteiger charge is 2.54. The second kappa shape index (κ2) is 9.75. The van der Waals surface area contributed by atoms with E-state index in [4.69, 9.17) is 4.74 Å². The lowest BCUT2D eigenvalue weighted by molar-refractivity contribution is -0.150. The third-order valence-electron chi connectivity index (χ3n) is 5.05. The Morgan fingerprint density at radius 2 is 1.97 bits per heavy atom. The molecule has 0 bridgehead atoms. The van der Waals surface area contributed by atoms with Gasteiger partial charge in [0, 0.05) is 19.1 Å². The van der Waals surface area contributed by atoms with Crippen molar-refractivity contribution in [3.8, 4) is 5.75 Å². The van der Waals surface area contributed by atoms with Crippen molar-refractivity contribution >= 4 is 63.9 Å². The number of nitrogens with one attached hydrogen (secondary N) is 1. The third kappa shape index (κ3) is 4.62. The summed E-state index contributed by atoms with van der Waals surface area (Å²) in [5, 5.41) is 12.2. The zero-order valence-corrected chi connectivity index (χ0v) is 20.7. The number of hydrogen-bond donors (Lipinski definition) is 2. The normalized spacial score (nSPS) is 19.8. The quantitative estimate of drug-likeness (QED) is 0.382. The maximum absolute atomic E-state index is 12.8. The number of rotatable bonds is 7. The highest BCUT2D eigenvalue weighted by molar-refractivity contribution is 14.1. The van der Waals surface area contributed by atoms with Crippen molar-refractivity contribution in [2.24, 2.45) is 0 Å².